The summed E-state index contributed by atoms with van der Waals surface area (Å²) in [5.74, 6) is 0.119. The van der Waals surface area contributed by atoms with Crippen LogP contribution in [-0.4, -0.2) is 5.78 Å². The van der Waals surface area contributed by atoms with Crippen molar-refractivity contribution in [1.82, 2.24) is 0 Å². The molecule has 0 radical (unpaired) electrons. The molecule has 0 aliphatic carbocycles. The molecule has 0 bridgehead atoms. The molecule has 0 aromatic rings. The highest BCUT2D eigenvalue weighted by atomic mass is 33.1. The molecule has 54 valence electrons. The molecule has 0 fully saturated rings. The van der Waals surface area contributed by atoms with Gasteiger partial charge in [0.2, 0.25) is 0 Å². The highest BCUT2D eigenvalue weighted by Gasteiger charge is 2.06. The summed E-state index contributed by atoms with van der Waals surface area (Å²) in [5, 5.41) is 0. The summed E-state index contributed by atoms with van der Waals surface area (Å²) < 4.78 is 0. The summed E-state index contributed by atoms with van der Waals surface area (Å²) in [6.07, 6.45) is 3.69. The largest absolute Gasteiger partial charge is 0.295 e. The van der Waals surface area contributed by atoms with Crippen LogP contribution in [0.1, 0.15) is 13.8 Å². The first kappa shape index (κ1) is 7.95. The summed E-state index contributed by atoms with van der Waals surface area (Å²) in [6, 6.07) is 0. The lowest BCUT2D eigenvalue weighted by Gasteiger charge is -1.85. The first-order valence-corrected chi connectivity index (χ1v) is 5.08. The van der Waals surface area contributed by atoms with Crippen molar-refractivity contribution in [3.63, 3.8) is 0 Å². The van der Waals surface area contributed by atoms with E-state index >= 15 is 0 Å². The maximum Gasteiger partial charge on any atom is 0.153 e. The van der Waals surface area contributed by atoms with E-state index in [1.807, 2.05) is 13.0 Å². The van der Waals surface area contributed by atoms with Crippen LogP contribution < -0.4 is 0 Å². The molecule has 0 saturated heterocycles. The topological polar surface area (TPSA) is 17.1 Å². The van der Waals surface area contributed by atoms with Crippen molar-refractivity contribution in [3.05, 3.63) is 22.0 Å². The molecule has 0 amide bonds. The Bertz CT molecular complexity index is 216. The van der Waals surface area contributed by atoms with Crippen LogP contribution in [-0.2, 0) is 4.79 Å². The molecule has 0 atom stereocenters. The molecule has 0 spiro atoms. The zero-order valence-electron chi connectivity index (χ0n) is 5.88. The Morgan fingerprint density at radius 1 is 1.60 bits per heavy atom. The van der Waals surface area contributed by atoms with E-state index in [4.69, 9.17) is 0 Å². The van der Waals surface area contributed by atoms with Gasteiger partial charge in [0.25, 0.3) is 0 Å². The molecule has 1 rings (SSSR count). The van der Waals surface area contributed by atoms with E-state index in [9.17, 15) is 4.79 Å². The third-order valence-electron chi connectivity index (χ3n) is 0.960. The molecule has 1 aliphatic heterocycles. The molecule has 3 heteroatoms. The first-order valence-electron chi connectivity index (χ1n) is 2.93. The summed E-state index contributed by atoms with van der Waals surface area (Å²) in [7, 11) is 3.35. The zero-order valence-corrected chi connectivity index (χ0v) is 7.51. The van der Waals surface area contributed by atoms with Gasteiger partial charge in [0.15, 0.2) is 5.78 Å². The molecule has 0 saturated carbocycles. The van der Waals surface area contributed by atoms with Crippen molar-refractivity contribution in [1.29, 1.82) is 0 Å². The fourth-order valence-electron chi connectivity index (χ4n) is 0.628. The molecule has 10 heavy (non-hydrogen) atoms. The van der Waals surface area contributed by atoms with Gasteiger partial charge in [-0.05, 0) is 30.9 Å². The summed E-state index contributed by atoms with van der Waals surface area (Å²) in [4.78, 5) is 12.9. The Morgan fingerprint density at radius 2 is 2.30 bits per heavy atom. The molecule has 0 unspecified atom stereocenters. The van der Waals surface area contributed by atoms with Crippen LogP contribution in [0, 0.1) is 0 Å². The number of ketones is 1. The van der Waals surface area contributed by atoms with E-state index < -0.39 is 0 Å². The van der Waals surface area contributed by atoms with Crippen LogP contribution in [0.3, 0.4) is 0 Å². The standard InChI is InChI=1S/C7H8OS2/c1-5(8)3-7-4-6(2)9-10-7/h3-4H,1-2H3/b7-3+. The molecular weight excluding hydrogens is 164 g/mol. The lowest BCUT2D eigenvalue weighted by atomic mass is 10.3. The Morgan fingerprint density at radius 3 is 2.70 bits per heavy atom. The lowest BCUT2D eigenvalue weighted by Crippen LogP contribution is -1.80. The number of carbonyl (C=O) groups excluding carboxylic acids is 1. The number of carbonyl (C=O) groups is 1. The van der Waals surface area contributed by atoms with E-state index in [2.05, 4.69) is 0 Å². The summed E-state index contributed by atoms with van der Waals surface area (Å²) >= 11 is 0. The fraction of sp³-hybridized carbons (Fsp3) is 0.286. The number of allylic oxidation sites excluding steroid dienone is 3. The maximum absolute atomic E-state index is 10.6. The minimum Gasteiger partial charge on any atom is -0.295 e. The van der Waals surface area contributed by atoms with Crippen LogP contribution >= 0.6 is 21.6 Å². The third kappa shape index (κ3) is 2.23. The second-order valence-corrected chi connectivity index (χ2v) is 4.53. The van der Waals surface area contributed by atoms with Gasteiger partial charge in [-0.25, -0.2) is 0 Å². The van der Waals surface area contributed by atoms with Crippen molar-refractivity contribution in [2.45, 2.75) is 13.8 Å². The molecule has 0 N–H and O–H groups in total. The van der Waals surface area contributed by atoms with Crippen LogP contribution in [0.5, 0.6) is 0 Å². The van der Waals surface area contributed by atoms with Crippen LogP contribution in [0.2, 0.25) is 0 Å². The molecule has 1 heterocycles. The smallest absolute Gasteiger partial charge is 0.153 e. The molecule has 0 aromatic carbocycles. The predicted octanol–water partition coefficient (Wildman–Crippen LogP) is 2.76. The van der Waals surface area contributed by atoms with Gasteiger partial charge in [0.05, 0.1) is 0 Å². The average molecular weight is 172 g/mol. The van der Waals surface area contributed by atoms with Crippen molar-refractivity contribution in [2.24, 2.45) is 0 Å². The van der Waals surface area contributed by atoms with E-state index in [1.54, 1.807) is 34.6 Å². The fourth-order valence-corrected chi connectivity index (χ4v) is 2.66. The number of hydrogen-bond donors (Lipinski definition) is 0. The van der Waals surface area contributed by atoms with Gasteiger partial charge in [0, 0.05) is 4.91 Å². The number of rotatable bonds is 1. The van der Waals surface area contributed by atoms with Crippen molar-refractivity contribution in [3.8, 4) is 0 Å². The van der Waals surface area contributed by atoms with Gasteiger partial charge in [-0.15, -0.1) is 0 Å². The van der Waals surface area contributed by atoms with E-state index in [0.29, 0.717) is 0 Å². The minimum atomic E-state index is 0.119. The van der Waals surface area contributed by atoms with Gasteiger partial charge in [-0.1, -0.05) is 21.6 Å². The van der Waals surface area contributed by atoms with Crippen molar-refractivity contribution in [2.75, 3.05) is 0 Å². The Kier molecular flexibility index (Phi) is 2.63. The highest BCUT2D eigenvalue weighted by molar-refractivity contribution is 8.80. The van der Waals surface area contributed by atoms with E-state index in [-0.39, 0.29) is 5.78 Å². The average Bonchev–Trinajstić information content (AvgIpc) is 2.13. The van der Waals surface area contributed by atoms with Crippen LogP contribution in [0.25, 0.3) is 0 Å². The van der Waals surface area contributed by atoms with E-state index in [1.165, 1.54) is 4.91 Å². The van der Waals surface area contributed by atoms with Crippen molar-refractivity contribution >= 4 is 27.4 Å². The molecule has 0 aromatic heterocycles. The van der Waals surface area contributed by atoms with Crippen molar-refractivity contribution < 1.29 is 4.79 Å². The van der Waals surface area contributed by atoms with E-state index in [0.717, 1.165) is 4.91 Å². The van der Waals surface area contributed by atoms with Gasteiger partial charge in [-0.3, -0.25) is 4.79 Å². The zero-order chi connectivity index (χ0) is 7.56. The molecule has 1 aliphatic rings. The van der Waals surface area contributed by atoms with Gasteiger partial charge >= 0.3 is 0 Å². The third-order valence-corrected chi connectivity index (χ3v) is 3.47. The molecular formula is C7H8OS2. The number of hydrogen-bond acceptors (Lipinski definition) is 3. The van der Waals surface area contributed by atoms with Gasteiger partial charge in [-0.2, -0.15) is 0 Å². The Labute approximate surface area is 68.4 Å². The quantitative estimate of drug-likeness (QED) is 0.447. The summed E-state index contributed by atoms with van der Waals surface area (Å²) in [6.45, 7) is 3.61. The normalized spacial score (nSPS) is 21.4. The van der Waals surface area contributed by atoms with Crippen LogP contribution in [0.4, 0.5) is 0 Å². The summed E-state index contributed by atoms with van der Waals surface area (Å²) in [5.41, 5.74) is 0. The Hall–Kier alpha value is -0.150. The monoisotopic (exact) mass is 172 g/mol. The maximum atomic E-state index is 10.6. The Balaban J connectivity index is 2.68. The predicted molar refractivity (Wildman–Crippen MR) is 47.7 cm³/mol. The van der Waals surface area contributed by atoms with Gasteiger partial charge in [0.1, 0.15) is 0 Å². The molecule has 1 nitrogen and oxygen atoms in total. The SMILES string of the molecule is CC(=O)/C=C1\C=C(C)SS1. The van der Waals surface area contributed by atoms with Gasteiger partial charge < -0.3 is 0 Å². The lowest BCUT2D eigenvalue weighted by molar-refractivity contribution is -0.112. The first-order chi connectivity index (χ1) is 4.68. The highest BCUT2D eigenvalue weighted by Crippen LogP contribution is 2.43. The minimum absolute atomic E-state index is 0.119. The van der Waals surface area contributed by atoms with Crippen LogP contribution in [0.15, 0.2) is 22.0 Å². The second kappa shape index (κ2) is 3.30. The second-order valence-electron chi connectivity index (χ2n) is 2.08.